The van der Waals surface area contributed by atoms with E-state index in [2.05, 4.69) is 10.0 Å². The van der Waals surface area contributed by atoms with Crippen LogP contribution in [0.15, 0.2) is 48.5 Å². The van der Waals surface area contributed by atoms with Gasteiger partial charge in [-0.2, -0.15) is 0 Å². The first-order valence-corrected chi connectivity index (χ1v) is 9.71. The lowest BCUT2D eigenvalue weighted by Crippen LogP contribution is -2.36. The van der Waals surface area contributed by atoms with Crippen LogP contribution in [0.25, 0.3) is 0 Å². The van der Waals surface area contributed by atoms with Crippen LogP contribution in [0.4, 0.5) is 5.69 Å². The number of sulfonamides is 1. The van der Waals surface area contributed by atoms with Gasteiger partial charge in [-0.1, -0.05) is 18.2 Å². The number of nitrogens with one attached hydrogen (secondary N) is 2. The van der Waals surface area contributed by atoms with Gasteiger partial charge < -0.3 is 10.1 Å². The van der Waals surface area contributed by atoms with Gasteiger partial charge in [-0.25, -0.2) is 8.42 Å². The highest BCUT2D eigenvalue weighted by Crippen LogP contribution is 2.16. The Kier molecular flexibility index (Phi) is 6.03. The van der Waals surface area contributed by atoms with Gasteiger partial charge >= 0.3 is 0 Å². The first-order chi connectivity index (χ1) is 11.7. The number of hydrogen-bond acceptors (Lipinski definition) is 4. The minimum absolute atomic E-state index is 0.180. The molecule has 6 nitrogen and oxygen atoms in total. The van der Waals surface area contributed by atoms with Crippen LogP contribution in [-0.2, 0) is 10.0 Å². The maximum Gasteiger partial charge on any atom is 0.251 e. The Labute approximate surface area is 148 Å². The van der Waals surface area contributed by atoms with E-state index in [-0.39, 0.29) is 11.9 Å². The summed E-state index contributed by atoms with van der Waals surface area (Å²) in [6, 6.07) is 13.7. The van der Waals surface area contributed by atoms with Crippen LogP contribution in [0.2, 0.25) is 0 Å². The van der Waals surface area contributed by atoms with Crippen LogP contribution >= 0.6 is 0 Å². The van der Waals surface area contributed by atoms with Gasteiger partial charge in [0.2, 0.25) is 10.0 Å². The van der Waals surface area contributed by atoms with Gasteiger partial charge in [0.05, 0.1) is 12.3 Å². The smallest absolute Gasteiger partial charge is 0.251 e. The zero-order valence-corrected chi connectivity index (χ0v) is 15.3. The fourth-order valence-electron chi connectivity index (χ4n) is 2.19. The van der Waals surface area contributed by atoms with Gasteiger partial charge in [0.15, 0.2) is 0 Å². The molecule has 2 rings (SSSR count). The molecule has 0 saturated carbocycles. The van der Waals surface area contributed by atoms with Crippen LogP contribution in [0.1, 0.15) is 22.8 Å². The Hall–Kier alpha value is -2.54. The zero-order chi connectivity index (χ0) is 18.4. The second-order valence-electron chi connectivity index (χ2n) is 5.90. The highest BCUT2D eigenvalue weighted by Gasteiger charge is 2.11. The first-order valence-electron chi connectivity index (χ1n) is 7.82. The number of para-hydroxylation sites is 1. The van der Waals surface area contributed by atoms with E-state index in [4.69, 9.17) is 4.74 Å². The molecule has 1 unspecified atom stereocenters. The van der Waals surface area contributed by atoms with Gasteiger partial charge in [-0.3, -0.25) is 9.52 Å². The quantitative estimate of drug-likeness (QED) is 0.793. The van der Waals surface area contributed by atoms with E-state index in [1.807, 2.05) is 38.1 Å². The molecular formula is C18H22N2O4S. The standard InChI is InChI=1S/C18H22N2O4S/c1-13-6-4-5-7-17(13)24-12-14(2)19-18(21)15-8-10-16(11-9-15)20-25(3,22)23/h4-11,14,20H,12H2,1-3H3,(H,19,21). The number of rotatable bonds is 7. The van der Waals surface area contributed by atoms with Crippen molar-refractivity contribution in [3.8, 4) is 5.75 Å². The van der Waals surface area contributed by atoms with Crippen molar-refractivity contribution in [3.05, 3.63) is 59.7 Å². The van der Waals surface area contributed by atoms with E-state index in [9.17, 15) is 13.2 Å². The number of carbonyl (C=O) groups is 1. The van der Waals surface area contributed by atoms with Gasteiger partial charge in [0.1, 0.15) is 12.4 Å². The number of anilines is 1. The Morgan fingerprint density at radius 2 is 1.76 bits per heavy atom. The van der Waals surface area contributed by atoms with E-state index in [0.717, 1.165) is 17.6 Å². The van der Waals surface area contributed by atoms with Gasteiger partial charge in [0, 0.05) is 11.3 Å². The summed E-state index contributed by atoms with van der Waals surface area (Å²) in [5.41, 5.74) is 1.90. The SMILES string of the molecule is Cc1ccccc1OCC(C)NC(=O)c1ccc(NS(C)(=O)=O)cc1. The van der Waals surface area contributed by atoms with E-state index in [0.29, 0.717) is 17.9 Å². The third-order valence-electron chi connectivity index (χ3n) is 3.41. The van der Waals surface area contributed by atoms with Crippen LogP contribution in [0.3, 0.4) is 0 Å². The summed E-state index contributed by atoms with van der Waals surface area (Å²) in [5, 5.41) is 2.85. The molecule has 0 aliphatic heterocycles. The van der Waals surface area contributed by atoms with Gasteiger partial charge in [-0.05, 0) is 49.7 Å². The average Bonchev–Trinajstić information content (AvgIpc) is 2.53. The molecule has 0 bridgehead atoms. The number of ether oxygens (including phenoxy) is 1. The van der Waals surface area contributed by atoms with E-state index in [1.165, 1.54) is 0 Å². The largest absolute Gasteiger partial charge is 0.491 e. The molecule has 0 aromatic heterocycles. The lowest BCUT2D eigenvalue weighted by Gasteiger charge is -2.16. The molecule has 0 aliphatic carbocycles. The molecular weight excluding hydrogens is 340 g/mol. The maximum atomic E-state index is 12.2. The fourth-order valence-corrected chi connectivity index (χ4v) is 2.75. The molecule has 0 fully saturated rings. The Bertz CT molecular complexity index is 832. The molecule has 134 valence electrons. The lowest BCUT2D eigenvalue weighted by atomic mass is 10.2. The molecule has 2 N–H and O–H groups in total. The van der Waals surface area contributed by atoms with Crippen molar-refractivity contribution in [3.63, 3.8) is 0 Å². The number of amides is 1. The van der Waals surface area contributed by atoms with Crippen molar-refractivity contribution < 1.29 is 17.9 Å². The molecule has 25 heavy (non-hydrogen) atoms. The molecule has 0 aliphatic rings. The molecule has 0 heterocycles. The first kappa shape index (κ1) is 18.8. The third-order valence-corrected chi connectivity index (χ3v) is 4.02. The Balaban J connectivity index is 1.89. The molecule has 1 atom stereocenters. The van der Waals surface area contributed by atoms with E-state index in [1.54, 1.807) is 24.3 Å². The molecule has 0 spiro atoms. The minimum atomic E-state index is -3.33. The molecule has 1 amide bonds. The molecule has 0 saturated heterocycles. The van der Waals surface area contributed by atoms with Gasteiger partial charge in [-0.15, -0.1) is 0 Å². The fraction of sp³-hybridized carbons (Fsp3) is 0.278. The predicted octanol–water partition coefficient (Wildman–Crippen LogP) is 2.56. The van der Waals surface area contributed by atoms with Crippen LogP contribution in [0, 0.1) is 6.92 Å². The molecule has 0 radical (unpaired) electrons. The summed E-state index contributed by atoms with van der Waals surface area (Å²) in [4.78, 5) is 12.2. The molecule has 2 aromatic carbocycles. The van der Waals surface area contributed by atoms with E-state index < -0.39 is 10.0 Å². The normalized spacial score (nSPS) is 12.3. The monoisotopic (exact) mass is 362 g/mol. The highest BCUT2D eigenvalue weighted by molar-refractivity contribution is 7.92. The van der Waals surface area contributed by atoms with Crippen molar-refractivity contribution in [1.82, 2.24) is 5.32 Å². The number of aryl methyl sites for hydroxylation is 1. The second kappa shape index (κ2) is 8.02. The highest BCUT2D eigenvalue weighted by atomic mass is 32.2. The van der Waals surface area contributed by atoms with Crippen molar-refractivity contribution in [2.45, 2.75) is 19.9 Å². The van der Waals surface area contributed by atoms with Crippen LogP contribution in [-0.4, -0.2) is 33.2 Å². The summed E-state index contributed by atoms with van der Waals surface area (Å²) in [6.07, 6.45) is 1.07. The summed E-state index contributed by atoms with van der Waals surface area (Å²) < 4.78 is 30.4. The lowest BCUT2D eigenvalue weighted by molar-refractivity contribution is 0.0926. The van der Waals surface area contributed by atoms with Crippen molar-refractivity contribution in [2.24, 2.45) is 0 Å². The second-order valence-corrected chi connectivity index (χ2v) is 7.65. The van der Waals surface area contributed by atoms with E-state index >= 15 is 0 Å². The average molecular weight is 362 g/mol. The van der Waals surface area contributed by atoms with Crippen LogP contribution < -0.4 is 14.8 Å². The van der Waals surface area contributed by atoms with Crippen LogP contribution in [0.5, 0.6) is 5.75 Å². The van der Waals surface area contributed by atoms with Gasteiger partial charge in [0.25, 0.3) is 5.91 Å². The molecule has 2 aromatic rings. The topological polar surface area (TPSA) is 84.5 Å². The number of benzene rings is 2. The number of hydrogen-bond donors (Lipinski definition) is 2. The van der Waals surface area contributed by atoms with Crippen molar-refractivity contribution in [2.75, 3.05) is 17.6 Å². The third kappa shape index (κ3) is 6.11. The maximum absolute atomic E-state index is 12.2. The predicted molar refractivity (Wildman–Crippen MR) is 98.5 cm³/mol. The zero-order valence-electron chi connectivity index (χ0n) is 14.4. The summed E-state index contributed by atoms with van der Waals surface area (Å²) in [7, 11) is -3.33. The summed E-state index contributed by atoms with van der Waals surface area (Å²) in [6.45, 7) is 4.17. The Morgan fingerprint density at radius 3 is 2.36 bits per heavy atom. The Morgan fingerprint density at radius 1 is 1.12 bits per heavy atom. The minimum Gasteiger partial charge on any atom is -0.491 e. The summed E-state index contributed by atoms with van der Waals surface area (Å²) >= 11 is 0. The van der Waals surface area contributed by atoms with Crippen molar-refractivity contribution >= 4 is 21.6 Å². The number of carbonyl (C=O) groups excluding carboxylic acids is 1. The summed E-state index contributed by atoms with van der Waals surface area (Å²) in [5.74, 6) is 0.548. The molecule has 7 heteroatoms. The van der Waals surface area contributed by atoms with Crippen molar-refractivity contribution in [1.29, 1.82) is 0 Å².